The van der Waals surface area contributed by atoms with Gasteiger partial charge in [0.15, 0.2) is 11.3 Å². The van der Waals surface area contributed by atoms with Crippen molar-refractivity contribution in [2.24, 2.45) is 0 Å². The first-order chi connectivity index (χ1) is 16.3. The van der Waals surface area contributed by atoms with E-state index in [-0.39, 0.29) is 16.5 Å². The van der Waals surface area contributed by atoms with Crippen molar-refractivity contribution in [3.8, 4) is 0 Å². The number of morpholine rings is 1. The molecule has 2 aromatic carbocycles. The molecule has 0 spiro atoms. The maximum absolute atomic E-state index is 13.4. The van der Waals surface area contributed by atoms with E-state index in [0.717, 1.165) is 5.69 Å². The number of sulfonamides is 1. The van der Waals surface area contributed by atoms with Gasteiger partial charge in [-0.15, -0.1) is 0 Å². The summed E-state index contributed by atoms with van der Waals surface area (Å²) in [6.07, 6.45) is 0. The third kappa shape index (κ3) is 4.17. The minimum Gasteiger partial charge on any atom is -0.378 e. The number of amides is 1. The molecule has 1 aromatic heterocycles. The first kappa shape index (κ1) is 22.8. The number of hydrogen-bond acceptors (Lipinski definition) is 7. The summed E-state index contributed by atoms with van der Waals surface area (Å²) < 4.78 is 39.0. The van der Waals surface area contributed by atoms with Gasteiger partial charge < -0.3 is 19.1 Å². The molecule has 2 aliphatic heterocycles. The van der Waals surface area contributed by atoms with Gasteiger partial charge in [-0.25, -0.2) is 8.42 Å². The SMILES string of the molecule is Cc1ccc(C)c(N2CCN(S(=O)(=O)c3ccc4onc(C(=O)N5CCOCC5)c4c3)CC2)c1. The molecule has 0 radical (unpaired) electrons. The van der Waals surface area contributed by atoms with Crippen LogP contribution >= 0.6 is 0 Å². The zero-order valence-corrected chi connectivity index (χ0v) is 20.2. The molecule has 2 aliphatic rings. The Hall–Kier alpha value is -2.95. The maximum Gasteiger partial charge on any atom is 0.276 e. The fourth-order valence-electron chi connectivity index (χ4n) is 4.53. The lowest BCUT2D eigenvalue weighted by atomic mass is 10.1. The van der Waals surface area contributed by atoms with E-state index in [1.165, 1.54) is 27.6 Å². The Morgan fingerprint density at radius 1 is 0.941 bits per heavy atom. The summed E-state index contributed by atoms with van der Waals surface area (Å²) in [5.74, 6) is -0.279. The molecule has 1 amide bonds. The number of aryl methyl sites for hydroxylation is 2. The summed E-state index contributed by atoms with van der Waals surface area (Å²) in [5.41, 5.74) is 4.02. The minimum absolute atomic E-state index is 0.133. The molecule has 2 fully saturated rings. The van der Waals surface area contributed by atoms with Crippen LogP contribution in [0.2, 0.25) is 0 Å². The van der Waals surface area contributed by atoms with Gasteiger partial charge in [0, 0.05) is 45.0 Å². The van der Waals surface area contributed by atoms with Crippen molar-refractivity contribution in [1.29, 1.82) is 0 Å². The van der Waals surface area contributed by atoms with Crippen molar-refractivity contribution in [2.45, 2.75) is 18.7 Å². The second kappa shape index (κ2) is 9.01. The van der Waals surface area contributed by atoms with E-state index in [2.05, 4.69) is 42.1 Å². The van der Waals surface area contributed by atoms with Gasteiger partial charge >= 0.3 is 0 Å². The highest BCUT2D eigenvalue weighted by atomic mass is 32.2. The van der Waals surface area contributed by atoms with E-state index >= 15 is 0 Å². The highest BCUT2D eigenvalue weighted by Gasteiger charge is 2.31. The number of benzene rings is 2. The van der Waals surface area contributed by atoms with Crippen molar-refractivity contribution in [1.82, 2.24) is 14.4 Å². The van der Waals surface area contributed by atoms with Crippen molar-refractivity contribution < 1.29 is 22.5 Å². The fraction of sp³-hybridized carbons (Fsp3) is 0.417. The number of rotatable bonds is 4. The quantitative estimate of drug-likeness (QED) is 0.561. The first-order valence-corrected chi connectivity index (χ1v) is 12.9. The predicted octanol–water partition coefficient (Wildman–Crippen LogP) is 2.43. The van der Waals surface area contributed by atoms with Crippen LogP contribution in [-0.4, -0.2) is 81.2 Å². The number of carbonyl (C=O) groups excluding carboxylic acids is 1. The van der Waals surface area contributed by atoms with E-state index in [1.54, 1.807) is 11.0 Å². The Kier molecular flexibility index (Phi) is 6.05. The van der Waals surface area contributed by atoms with Crippen LogP contribution in [0.25, 0.3) is 11.0 Å². The van der Waals surface area contributed by atoms with E-state index in [1.807, 2.05) is 0 Å². The zero-order valence-electron chi connectivity index (χ0n) is 19.4. The molecule has 0 N–H and O–H groups in total. The average Bonchev–Trinajstić information content (AvgIpc) is 3.29. The van der Waals surface area contributed by atoms with Gasteiger partial charge in [0.05, 0.1) is 23.5 Å². The van der Waals surface area contributed by atoms with E-state index in [4.69, 9.17) is 9.26 Å². The summed E-state index contributed by atoms with van der Waals surface area (Å²) in [7, 11) is -3.73. The fourth-order valence-corrected chi connectivity index (χ4v) is 5.98. The monoisotopic (exact) mass is 484 g/mol. The number of nitrogens with zero attached hydrogens (tertiary/aromatic N) is 4. The molecule has 0 atom stereocenters. The molecule has 3 aromatic rings. The van der Waals surface area contributed by atoms with Crippen molar-refractivity contribution in [2.75, 3.05) is 57.4 Å². The minimum atomic E-state index is -3.73. The normalized spacial score (nSPS) is 17.9. The molecule has 3 heterocycles. The standard InChI is InChI=1S/C24H28N4O5S/c1-17-3-4-18(2)21(15-17)26-7-9-28(10-8-26)34(30,31)19-5-6-22-20(16-19)23(25-33-22)24(29)27-11-13-32-14-12-27/h3-6,15-16H,7-14H2,1-2H3. The Morgan fingerprint density at radius 3 is 2.41 bits per heavy atom. The number of piperazine rings is 1. The van der Waals surface area contributed by atoms with Gasteiger partial charge in [0.25, 0.3) is 5.91 Å². The highest BCUT2D eigenvalue weighted by Crippen LogP contribution is 2.28. The van der Waals surface area contributed by atoms with Crippen LogP contribution in [0.5, 0.6) is 0 Å². The summed E-state index contributed by atoms with van der Waals surface area (Å²) in [6.45, 7) is 7.99. The Bertz CT molecular complexity index is 1320. The zero-order chi connectivity index (χ0) is 23.9. The third-order valence-corrected chi connectivity index (χ3v) is 8.42. The van der Waals surface area contributed by atoms with E-state index in [0.29, 0.717) is 63.5 Å². The van der Waals surface area contributed by atoms with Gasteiger partial charge in [-0.1, -0.05) is 17.3 Å². The summed E-state index contributed by atoms with van der Waals surface area (Å²) in [6, 6.07) is 10.9. The van der Waals surface area contributed by atoms with Gasteiger partial charge in [-0.2, -0.15) is 4.31 Å². The third-order valence-electron chi connectivity index (χ3n) is 6.52. The van der Waals surface area contributed by atoms with Crippen LogP contribution in [0.3, 0.4) is 0 Å². The Balaban J connectivity index is 1.37. The maximum atomic E-state index is 13.4. The molecule has 34 heavy (non-hydrogen) atoms. The van der Waals surface area contributed by atoms with Crippen molar-refractivity contribution >= 4 is 32.6 Å². The second-order valence-corrected chi connectivity index (χ2v) is 10.7. The molecule has 180 valence electrons. The molecule has 0 saturated carbocycles. The van der Waals surface area contributed by atoms with Gasteiger partial charge in [-0.05, 0) is 49.2 Å². The summed E-state index contributed by atoms with van der Waals surface area (Å²) >= 11 is 0. The van der Waals surface area contributed by atoms with Crippen LogP contribution in [-0.2, 0) is 14.8 Å². The van der Waals surface area contributed by atoms with Gasteiger partial charge in [-0.3, -0.25) is 4.79 Å². The number of aromatic nitrogens is 1. The largest absolute Gasteiger partial charge is 0.378 e. The number of hydrogen-bond donors (Lipinski definition) is 0. The second-order valence-electron chi connectivity index (χ2n) is 8.77. The summed E-state index contributed by atoms with van der Waals surface area (Å²) in [4.78, 5) is 17.0. The lowest BCUT2D eigenvalue weighted by molar-refractivity contribution is 0.0297. The molecule has 10 heteroatoms. The molecule has 9 nitrogen and oxygen atoms in total. The highest BCUT2D eigenvalue weighted by molar-refractivity contribution is 7.89. The van der Waals surface area contributed by atoms with E-state index < -0.39 is 10.0 Å². The van der Waals surface area contributed by atoms with Crippen molar-refractivity contribution in [3.63, 3.8) is 0 Å². The van der Waals surface area contributed by atoms with Crippen molar-refractivity contribution in [3.05, 3.63) is 53.2 Å². The molecular formula is C24H28N4O5S. The average molecular weight is 485 g/mol. The Labute approximate surface area is 198 Å². The molecule has 2 saturated heterocycles. The number of carbonyl (C=O) groups is 1. The van der Waals surface area contributed by atoms with Gasteiger partial charge in [0.2, 0.25) is 10.0 Å². The summed E-state index contributed by atoms with van der Waals surface area (Å²) in [5, 5.41) is 4.35. The van der Waals surface area contributed by atoms with Gasteiger partial charge in [0.1, 0.15) is 0 Å². The first-order valence-electron chi connectivity index (χ1n) is 11.4. The van der Waals surface area contributed by atoms with E-state index in [9.17, 15) is 13.2 Å². The molecule has 0 bridgehead atoms. The topological polar surface area (TPSA) is 96.2 Å². The molecule has 5 rings (SSSR count). The molecule has 0 aliphatic carbocycles. The Morgan fingerprint density at radius 2 is 1.68 bits per heavy atom. The number of anilines is 1. The molecule has 0 unspecified atom stereocenters. The molecular weight excluding hydrogens is 456 g/mol. The predicted molar refractivity (Wildman–Crippen MR) is 128 cm³/mol. The number of ether oxygens (including phenoxy) is 1. The number of fused-ring (bicyclic) bond motifs is 1. The van der Waals surface area contributed by atoms with Crippen LogP contribution in [0.15, 0.2) is 45.8 Å². The van der Waals surface area contributed by atoms with Crippen LogP contribution in [0.1, 0.15) is 21.6 Å². The lowest BCUT2D eigenvalue weighted by Gasteiger charge is -2.36. The van der Waals surface area contributed by atoms with Crippen LogP contribution < -0.4 is 4.90 Å². The van der Waals surface area contributed by atoms with Crippen LogP contribution in [0, 0.1) is 13.8 Å². The smallest absolute Gasteiger partial charge is 0.276 e. The van der Waals surface area contributed by atoms with Crippen LogP contribution in [0.4, 0.5) is 5.69 Å². The lowest BCUT2D eigenvalue weighted by Crippen LogP contribution is -2.48.